The molecule has 36 heavy (non-hydrogen) atoms. The highest BCUT2D eigenvalue weighted by Gasteiger charge is 2.46. The summed E-state index contributed by atoms with van der Waals surface area (Å²) in [5, 5.41) is 0. The average Bonchev–Trinajstić information content (AvgIpc) is 3.59. The Morgan fingerprint density at radius 1 is 1.14 bits per heavy atom. The molecule has 0 amide bonds. The number of likely N-dealkylation sites (N-methyl/N-ethyl adjacent to an activating group) is 1. The van der Waals surface area contributed by atoms with E-state index < -0.39 is 34.3 Å². The minimum atomic E-state index is -4.73. The Morgan fingerprint density at radius 3 is 2.36 bits per heavy atom. The SMILES string of the molecule is CN1Sc2cc(OCC3(SO)CC3)c(C(F)(F)F)cc2N(c2ccc(F)cc2)CC1CCC(C)(F)F. The van der Waals surface area contributed by atoms with Crippen LogP contribution in [0.4, 0.5) is 37.7 Å². The van der Waals surface area contributed by atoms with Crippen LogP contribution in [0, 0.1) is 5.82 Å². The quantitative estimate of drug-likeness (QED) is 0.204. The molecule has 1 atom stereocenters. The maximum atomic E-state index is 14.1. The van der Waals surface area contributed by atoms with Crippen molar-refractivity contribution in [3.8, 4) is 5.75 Å². The van der Waals surface area contributed by atoms with Gasteiger partial charge in [-0.25, -0.2) is 17.5 Å². The predicted octanol–water partition coefficient (Wildman–Crippen LogP) is 7.86. The number of nitrogens with zero attached hydrogens (tertiary/aromatic N) is 2. The van der Waals surface area contributed by atoms with Crippen molar-refractivity contribution < 1.29 is 35.6 Å². The van der Waals surface area contributed by atoms with E-state index in [9.17, 15) is 30.9 Å². The van der Waals surface area contributed by atoms with Crippen LogP contribution in [0.3, 0.4) is 0 Å². The number of halogens is 6. The number of hydrogen-bond acceptors (Lipinski definition) is 6. The van der Waals surface area contributed by atoms with Gasteiger partial charge in [0.05, 0.1) is 20.9 Å². The molecular weight excluding hydrogens is 526 g/mol. The number of anilines is 2. The first-order chi connectivity index (χ1) is 16.8. The highest BCUT2D eigenvalue weighted by Crippen LogP contribution is 2.50. The summed E-state index contributed by atoms with van der Waals surface area (Å²) in [4.78, 5) is 2.05. The summed E-state index contributed by atoms with van der Waals surface area (Å²) in [5.41, 5.74) is -0.312. The molecule has 2 aliphatic rings. The largest absolute Gasteiger partial charge is 0.491 e. The Balaban J connectivity index is 1.76. The zero-order chi connectivity index (χ0) is 26.3. The topological polar surface area (TPSA) is 35.9 Å². The summed E-state index contributed by atoms with van der Waals surface area (Å²) in [7, 11) is 1.71. The van der Waals surface area contributed by atoms with Gasteiger partial charge in [-0.3, -0.25) is 0 Å². The number of benzene rings is 2. The molecule has 1 fully saturated rings. The molecule has 1 aliphatic heterocycles. The second kappa shape index (κ2) is 10.2. The molecule has 0 spiro atoms. The minimum absolute atomic E-state index is 0.0770. The van der Waals surface area contributed by atoms with E-state index in [0.717, 1.165) is 24.9 Å². The minimum Gasteiger partial charge on any atom is -0.491 e. The normalized spacial score (nSPS) is 20.1. The molecule has 2 aromatic carbocycles. The molecule has 1 saturated carbocycles. The molecule has 0 aromatic heterocycles. The lowest BCUT2D eigenvalue weighted by atomic mass is 10.1. The lowest BCUT2D eigenvalue weighted by molar-refractivity contribution is -0.139. The maximum Gasteiger partial charge on any atom is 0.420 e. The van der Waals surface area contributed by atoms with Crippen molar-refractivity contribution in [3.05, 3.63) is 47.8 Å². The Hall–Kier alpha value is -1.76. The fraction of sp³-hybridized carbons (Fsp3) is 0.500. The van der Waals surface area contributed by atoms with E-state index in [2.05, 4.69) is 0 Å². The van der Waals surface area contributed by atoms with E-state index >= 15 is 0 Å². The van der Waals surface area contributed by atoms with Gasteiger partial charge in [-0.05, 0) is 93.6 Å². The second-order valence-electron chi connectivity index (χ2n) is 9.36. The monoisotopic (exact) mass is 552 g/mol. The molecule has 0 saturated heterocycles. The zero-order valence-electron chi connectivity index (χ0n) is 19.6. The molecule has 198 valence electrons. The molecular formula is C24H26F6N2O2S2. The van der Waals surface area contributed by atoms with Crippen molar-refractivity contribution in [2.45, 2.75) is 60.4 Å². The fourth-order valence-corrected chi connectivity index (χ4v) is 5.45. The lowest BCUT2D eigenvalue weighted by Crippen LogP contribution is -2.36. The first kappa shape index (κ1) is 27.3. The number of fused-ring (bicyclic) bond motifs is 1. The van der Waals surface area contributed by atoms with Crippen LogP contribution < -0.4 is 9.64 Å². The summed E-state index contributed by atoms with van der Waals surface area (Å²) in [6, 6.07) is 7.19. The fourth-order valence-electron chi connectivity index (χ4n) is 4.00. The summed E-state index contributed by atoms with van der Waals surface area (Å²) in [6.07, 6.45) is -3.74. The standard InChI is InChI=1S/C24H26F6N2O2S2/c1-22(26,27)8-7-17-13-32(16-5-3-15(25)4-6-16)19-11-18(24(28,29)30)20(12-21(19)35-31(17)2)34-14-23(36-33)9-10-23/h3-6,11-12,17,33H,7-10,13-14H2,1-2H3. The van der Waals surface area contributed by atoms with E-state index in [1.165, 1.54) is 30.3 Å². The smallest absolute Gasteiger partial charge is 0.420 e. The van der Waals surface area contributed by atoms with Crippen LogP contribution in [0.1, 0.15) is 38.2 Å². The van der Waals surface area contributed by atoms with Crippen molar-refractivity contribution in [3.63, 3.8) is 0 Å². The van der Waals surface area contributed by atoms with Crippen LogP contribution in [0.25, 0.3) is 0 Å². The molecule has 12 heteroatoms. The molecule has 4 rings (SSSR count). The van der Waals surface area contributed by atoms with Crippen molar-refractivity contribution in [2.75, 3.05) is 25.1 Å². The molecule has 1 N–H and O–H groups in total. The van der Waals surface area contributed by atoms with E-state index in [4.69, 9.17) is 4.74 Å². The lowest BCUT2D eigenvalue weighted by Gasteiger charge is -2.30. The molecule has 0 radical (unpaired) electrons. The van der Waals surface area contributed by atoms with Crippen LogP contribution in [-0.4, -0.2) is 45.8 Å². The summed E-state index contributed by atoms with van der Waals surface area (Å²) >= 11 is 1.74. The van der Waals surface area contributed by atoms with Gasteiger partial charge in [0.1, 0.15) is 18.2 Å². The highest BCUT2D eigenvalue weighted by molar-refractivity contribution is 7.97. The number of alkyl halides is 5. The van der Waals surface area contributed by atoms with Crippen LogP contribution in [-0.2, 0) is 6.18 Å². The number of hydrogen-bond donors (Lipinski definition) is 1. The number of rotatable bonds is 8. The Labute approximate surface area is 214 Å². The summed E-state index contributed by atoms with van der Waals surface area (Å²) in [6.45, 7) is 0.881. The Kier molecular flexibility index (Phi) is 7.72. The Morgan fingerprint density at radius 2 is 1.81 bits per heavy atom. The van der Waals surface area contributed by atoms with Crippen LogP contribution in [0.2, 0.25) is 0 Å². The van der Waals surface area contributed by atoms with Gasteiger partial charge in [0.15, 0.2) is 0 Å². The molecule has 1 unspecified atom stereocenters. The van der Waals surface area contributed by atoms with E-state index in [1.54, 1.807) is 16.3 Å². The molecule has 1 aliphatic carbocycles. The van der Waals surface area contributed by atoms with Gasteiger partial charge in [-0.15, -0.1) is 0 Å². The van der Waals surface area contributed by atoms with E-state index in [-0.39, 0.29) is 37.4 Å². The average molecular weight is 553 g/mol. The van der Waals surface area contributed by atoms with Gasteiger partial charge >= 0.3 is 6.18 Å². The second-order valence-corrected chi connectivity index (χ2v) is 11.6. The molecule has 1 heterocycles. The summed E-state index contributed by atoms with van der Waals surface area (Å²) < 4.78 is 99.5. The van der Waals surface area contributed by atoms with Crippen molar-refractivity contribution in [2.24, 2.45) is 0 Å². The third-order valence-corrected chi connectivity index (χ3v) is 8.38. The van der Waals surface area contributed by atoms with Gasteiger partial charge in [-0.2, -0.15) is 13.2 Å². The number of ether oxygens (including phenoxy) is 1. The Bertz CT molecular complexity index is 1070. The molecule has 2 aromatic rings. The predicted molar refractivity (Wildman–Crippen MR) is 130 cm³/mol. The van der Waals surface area contributed by atoms with Crippen LogP contribution in [0.5, 0.6) is 5.75 Å². The first-order valence-corrected chi connectivity index (χ1v) is 12.9. The molecule has 4 nitrogen and oxygen atoms in total. The van der Waals surface area contributed by atoms with Crippen molar-refractivity contribution >= 4 is 35.4 Å². The summed E-state index contributed by atoms with van der Waals surface area (Å²) in [5.74, 6) is -3.75. The van der Waals surface area contributed by atoms with E-state index in [1.807, 2.05) is 0 Å². The van der Waals surface area contributed by atoms with Gasteiger partial charge in [0, 0.05) is 24.7 Å². The zero-order valence-corrected chi connectivity index (χ0v) is 21.3. The van der Waals surface area contributed by atoms with Crippen LogP contribution >= 0.6 is 24.0 Å². The van der Waals surface area contributed by atoms with Gasteiger partial charge in [0.25, 0.3) is 0 Å². The third kappa shape index (κ3) is 6.38. The van der Waals surface area contributed by atoms with Crippen LogP contribution in [0.15, 0.2) is 41.3 Å². The third-order valence-electron chi connectivity index (χ3n) is 6.35. The van der Waals surface area contributed by atoms with Crippen molar-refractivity contribution in [1.29, 1.82) is 0 Å². The highest BCUT2D eigenvalue weighted by atomic mass is 32.2. The van der Waals surface area contributed by atoms with Gasteiger partial charge < -0.3 is 14.2 Å². The van der Waals surface area contributed by atoms with Gasteiger partial charge in [0.2, 0.25) is 5.92 Å². The van der Waals surface area contributed by atoms with Crippen molar-refractivity contribution in [1.82, 2.24) is 4.31 Å². The van der Waals surface area contributed by atoms with Gasteiger partial charge in [-0.1, -0.05) is 0 Å². The maximum absolute atomic E-state index is 14.1. The van der Waals surface area contributed by atoms with E-state index in [0.29, 0.717) is 35.5 Å². The molecule has 0 bridgehead atoms. The first-order valence-electron chi connectivity index (χ1n) is 11.3.